The van der Waals surface area contributed by atoms with Crippen LogP contribution in [-0.2, 0) is 6.18 Å². The topological polar surface area (TPSA) is 101 Å². The van der Waals surface area contributed by atoms with E-state index in [-0.39, 0.29) is 29.6 Å². The fourth-order valence-electron chi connectivity index (χ4n) is 3.00. The summed E-state index contributed by atoms with van der Waals surface area (Å²) in [4.78, 5) is 23.4. The Bertz CT molecular complexity index is 875. The maximum absolute atomic E-state index is 13.0. The lowest BCUT2D eigenvalue weighted by atomic mass is 9.93. The Hall–Kier alpha value is -3.22. The number of carbonyl (C=O) groups is 1. The van der Waals surface area contributed by atoms with Crippen molar-refractivity contribution in [2.75, 3.05) is 0 Å². The number of aromatic nitrogens is 3. The third-order valence-electron chi connectivity index (χ3n) is 4.35. The van der Waals surface area contributed by atoms with Gasteiger partial charge < -0.3 is 10.1 Å². The molecule has 1 fully saturated rings. The van der Waals surface area contributed by atoms with E-state index in [1.807, 2.05) is 0 Å². The number of hydrogen-bond acceptors (Lipinski definition) is 6. The molecule has 1 aliphatic carbocycles. The first-order chi connectivity index (χ1) is 13.4. The smallest absolute Gasteiger partial charge is 0.419 e. The summed E-state index contributed by atoms with van der Waals surface area (Å²) in [6, 6.07) is 3.76. The molecule has 2 heterocycles. The number of pyridine rings is 1. The second kappa shape index (κ2) is 8.21. The Morgan fingerprint density at radius 3 is 2.46 bits per heavy atom. The van der Waals surface area contributed by atoms with Crippen molar-refractivity contribution in [3.8, 4) is 11.8 Å². The van der Waals surface area contributed by atoms with Crippen LogP contribution in [-0.4, -0.2) is 33.0 Å². The van der Waals surface area contributed by atoms with E-state index in [4.69, 9.17) is 10.00 Å². The minimum atomic E-state index is -4.68. The summed E-state index contributed by atoms with van der Waals surface area (Å²) < 4.78 is 44.6. The van der Waals surface area contributed by atoms with Crippen LogP contribution in [0, 0.1) is 11.3 Å². The summed E-state index contributed by atoms with van der Waals surface area (Å²) in [6.45, 7) is 0. The fourth-order valence-corrected chi connectivity index (χ4v) is 3.00. The molecule has 7 nitrogen and oxygen atoms in total. The molecule has 0 radical (unpaired) electrons. The zero-order valence-corrected chi connectivity index (χ0v) is 14.6. The quantitative estimate of drug-likeness (QED) is 0.860. The maximum Gasteiger partial charge on any atom is 0.419 e. The number of halogens is 3. The Morgan fingerprint density at radius 2 is 1.86 bits per heavy atom. The van der Waals surface area contributed by atoms with E-state index >= 15 is 0 Å². The Balaban J connectivity index is 1.56. The number of ether oxygens (including phenoxy) is 1. The van der Waals surface area contributed by atoms with Gasteiger partial charge in [-0.05, 0) is 37.8 Å². The predicted octanol–water partition coefficient (Wildman–Crippen LogP) is 2.88. The minimum Gasteiger partial charge on any atom is -0.489 e. The zero-order chi connectivity index (χ0) is 20.1. The summed E-state index contributed by atoms with van der Waals surface area (Å²) >= 11 is 0. The fraction of sp³-hybridized carbons (Fsp3) is 0.389. The van der Waals surface area contributed by atoms with Gasteiger partial charge in [0.2, 0.25) is 5.82 Å². The lowest BCUT2D eigenvalue weighted by Gasteiger charge is -2.29. The summed E-state index contributed by atoms with van der Waals surface area (Å²) in [5, 5.41) is 11.6. The molecule has 0 aliphatic heterocycles. The molecule has 146 valence electrons. The van der Waals surface area contributed by atoms with Crippen molar-refractivity contribution >= 4 is 5.91 Å². The highest BCUT2D eigenvalue weighted by Gasteiger charge is 2.35. The minimum absolute atomic E-state index is 0.0310. The molecule has 1 saturated carbocycles. The van der Waals surface area contributed by atoms with E-state index < -0.39 is 17.4 Å². The second-order valence-corrected chi connectivity index (χ2v) is 6.31. The first kappa shape index (κ1) is 19.5. The first-order valence-electron chi connectivity index (χ1n) is 8.58. The van der Waals surface area contributed by atoms with Gasteiger partial charge in [0, 0.05) is 18.4 Å². The number of nitrogens with one attached hydrogen (secondary N) is 1. The molecule has 1 amide bonds. The Kier molecular flexibility index (Phi) is 5.73. The molecule has 28 heavy (non-hydrogen) atoms. The molecule has 2 aromatic heterocycles. The molecular weight excluding hydrogens is 375 g/mol. The van der Waals surface area contributed by atoms with Gasteiger partial charge in [0.1, 0.15) is 11.8 Å². The SMILES string of the molecule is N#Cc1ncc(OC2CCC(NC(=O)c3ncccn3)CC2)cc1C(F)(F)F. The van der Waals surface area contributed by atoms with Crippen LogP contribution in [0.25, 0.3) is 0 Å². The number of nitriles is 1. The largest absolute Gasteiger partial charge is 0.489 e. The molecule has 0 saturated heterocycles. The van der Waals surface area contributed by atoms with Gasteiger partial charge in [-0.3, -0.25) is 4.79 Å². The van der Waals surface area contributed by atoms with E-state index in [1.54, 1.807) is 6.07 Å². The lowest BCUT2D eigenvalue weighted by Crippen LogP contribution is -2.40. The zero-order valence-electron chi connectivity index (χ0n) is 14.6. The van der Waals surface area contributed by atoms with Crippen LogP contribution >= 0.6 is 0 Å². The summed E-state index contributed by atoms with van der Waals surface area (Å²) in [5.41, 5.74) is -1.80. The number of amides is 1. The molecule has 1 aliphatic rings. The van der Waals surface area contributed by atoms with Gasteiger partial charge in [-0.1, -0.05) is 0 Å². The molecule has 0 aromatic carbocycles. The third-order valence-corrected chi connectivity index (χ3v) is 4.35. The van der Waals surface area contributed by atoms with Gasteiger partial charge in [-0.2, -0.15) is 18.4 Å². The Labute approximate surface area is 158 Å². The van der Waals surface area contributed by atoms with Crippen molar-refractivity contribution in [3.63, 3.8) is 0 Å². The number of rotatable bonds is 4. The first-order valence-corrected chi connectivity index (χ1v) is 8.58. The molecule has 0 spiro atoms. The predicted molar refractivity (Wildman–Crippen MR) is 90.1 cm³/mol. The molecule has 2 aromatic rings. The number of nitrogens with zero attached hydrogens (tertiary/aromatic N) is 4. The maximum atomic E-state index is 13.0. The van der Waals surface area contributed by atoms with E-state index in [1.165, 1.54) is 18.5 Å². The van der Waals surface area contributed by atoms with E-state index in [9.17, 15) is 18.0 Å². The summed E-state index contributed by atoms with van der Waals surface area (Å²) in [6.07, 6.45) is 1.44. The van der Waals surface area contributed by atoms with Crippen molar-refractivity contribution in [2.45, 2.75) is 44.0 Å². The normalized spacial score (nSPS) is 19.5. The van der Waals surface area contributed by atoms with E-state index in [0.29, 0.717) is 25.7 Å². The van der Waals surface area contributed by atoms with Crippen LogP contribution in [0.5, 0.6) is 5.75 Å². The average Bonchev–Trinajstić information content (AvgIpc) is 2.69. The van der Waals surface area contributed by atoms with Crippen molar-refractivity contribution in [2.24, 2.45) is 0 Å². The summed E-state index contributed by atoms with van der Waals surface area (Å²) in [7, 11) is 0. The standard InChI is InChI=1S/C18H16F3N5O2/c19-18(20,21)14-8-13(10-25-15(14)9-22)28-12-4-2-11(3-5-12)26-17(27)16-23-6-1-7-24-16/h1,6-8,10-12H,2-5H2,(H,26,27). The molecule has 1 N–H and O–H groups in total. The monoisotopic (exact) mass is 391 g/mol. The highest BCUT2D eigenvalue weighted by atomic mass is 19.4. The van der Waals surface area contributed by atoms with Crippen molar-refractivity contribution in [1.82, 2.24) is 20.3 Å². The summed E-state index contributed by atoms with van der Waals surface area (Å²) in [5.74, 6) is -0.309. The highest BCUT2D eigenvalue weighted by molar-refractivity contribution is 5.90. The van der Waals surface area contributed by atoms with Gasteiger partial charge in [-0.25, -0.2) is 15.0 Å². The van der Waals surface area contributed by atoms with Crippen LogP contribution in [0.15, 0.2) is 30.7 Å². The van der Waals surface area contributed by atoms with Crippen LogP contribution in [0.2, 0.25) is 0 Å². The Morgan fingerprint density at radius 1 is 1.18 bits per heavy atom. The molecule has 10 heteroatoms. The van der Waals surface area contributed by atoms with Crippen LogP contribution in [0.1, 0.15) is 47.6 Å². The number of carbonyl (C=O) groups excluding carboxylic acids is 1. The van der Waals surface area contributed by atoms with Crippen molar-refractivity contribution in [1.29, 1.82) is 5.26 Å². The van der Waals surface area contributed by atoms with Crippen molar-refractivity contribution in [3.05, 3.63) is 47.8 Å². The van der Waals surface area contributed by atoms with Gasteiger partial charge in [0.25, 0.3) is 5.91 Å². The van der Waals surface area contributed by atoms with E-state index in [0.717, 1.165) is 12.3 Å². The van der Waals surface area contributed by atoms with Gasteiger partial charge in [-0.15, -0.1) is 0 Å². The molecule has 0 bridgehead atoms. The number of hydrogen-bond donors (Lipinski definition) is 1. The van der Waals surface area contributed by atoms with Gasteiger partial charge >= 0.3 is 6.18 Å². The molecular formula is C18H16F3N5O2. The molecule has 3 rings (SSSR count). The second-order valence-electron chi connectivity index (χ2n) is 6.31. The molecule has 0 atom stereocenters. The molecule has 0 unspecified atom stereocenters. The average molecular weight is 391 g/mol. The third kappa shape index (κ3) is 4.73. The van der Waals surface area contributed by atoms with Crippen LogP contribution in [0.4, 0.5) is 13.2 Å². The van der Waals surface area contributed by atoms with Gasteiger partial charge in [0.05, 0.1) is 17.9 Å². The van der Waals surface area contributed by atoms with Crippen LogP contribution in [0.3, 0.4) is 0 Å². The van der Waals surface area contributed by atoms with Gasteiger partial charge in [0.15, 0.2) is 5.69 Å². The number of alkyl halides is 3. The lowest BCUT2D eigenvalue weighted by molar-refractivity contribution is -0.138. The van der Waals surface area contributed by atoms with E-state index in [2.05, 4.69) is 20.3 Å². The van der Waals surface area contributed by atoms with Crippen LogP contribution < -0.4 is 10.1 Å². The van der Waals surface area contributed by atoms with Crippen molar-refractivity contribution < 1.29 is 22.7 Å². The highest BCUT2D eigenvalue weighted by Crippen LogP contribution is 2.34.